The van der Waals surface area contributed by atoms with Crippen LogP contribution in [0.4, 0.5) is 0 Å². The monoisotopic (exact) mass is 371 g/mol. The molecule has 9 heteroatoms. The van der Waals surface area contributed by atoms with Gasteiger partial charge in [-0.2, -0.15) is 9.29 Å². The summed E-state index contributed by atoms with van der Waals surface area (Å²) in [6.45, 7) is 1.06. The van der Waals surface area contributed by atoms with Crippen molar-refractivity contribution in [2.75, 3.05) is 26.0 Å². The lowest BCUT2D eigenvalue weighted by molar-refractivity contribution is 0.108. The first kappa shape index (κ1) is 17.4. The molecule has 3 heterocycles. The first-order valence-corrected chi connectivity index (χ1v) is 10.6. The van der Waals surface area contributed by atoms with Crippen molar-refractivity contribution in [1.29, 1.82) is 0 Å². The molecule has 0 radical (unpaired) electrons. The third-order valence-electron chi connectivity index (χ3n) is 5.31. The van der Waals surface area contributed by atoms with Crippen molar-refractivity contribution < 1.29 is 22.4 Å². The lowest BCUT2D eigenvalue weighted by Gasteiger charge is -2.22. The molecule has 3 fully saturated rings. The van der Waals surface area contributed by atoms with E-state index >= 15 is 0 Å². The average molecular weight is 371 g/mol. The molecule has 1 saturated carbocycles. The Morgan fingerprint density at radius 3 is 2.84 bits per heavy atom. The molecule has 1 aromatic heterocycles. The quantitative estimate of drug-likeness (QED) is 0.718. The summed E-state index contributed by atoms with van der Waals surface area (Å²) in [5.74, 6) is 1.55. The van der Waals surface area contributed by atoms with Gasteiger partial charge in [-0.15, -0.1) is 0 Å². The number of rotatable bonds is 7. The summed E-state index contributed by atoms with van der Waals surface area (Å²) in [6, 6.07) is -0.431. The maximum atomic E-state index is 12.9. The highest BCUT2D eigenvalue weighted by atomic mass is 32.2. The van der Waals surface area contributed by atoms with E-state index in [2.05, 4.69) is 10.1 Å². The van der Waals surface area contributed by atoms with Gasteiger partial charge < -0.3 is 14.0 Å². The Balaban J connectivity index is 1.49. The molecule has 1 aliphatic carbocycles. The van der Waals surface area contributed by atoms with Gasteiger partial charge in [0.1, 0.15) is 6.04 Å². The van der Waals surface area contributed by atoms with Gasteiger partial charge in [-0.3, -0.25) is 0 Å². The normalized spacial score (nSPS) is 31.0. The smallest absolute Gasteiger partial charge is 0.245 e. The van der Waals surface area contributed by atoms with Crippen LogP contribution in [0.1, 0.15) is 62.2 Å². The van der Waals surface area contributed by atoms with E-state index in [1.807, 2.05) is 0 Å². The molecule has 0 spiro atoms. The van der Waals surface area contributed by atoms with Crippen LogP contribution in [0.5, 0.6) is 0 Å². The number of ether oxygens (including phenoxy) is 2. The molecule has 0 amide bonds. The summed E-state index contributed by atoms with van der Waals surface area (Å²) in [7, 11) is -1.83. The van der Waals surface area contributed by atoms with Crippen molar-refractivity contribution >= 4 is 10.0 Å². The molecule has 0 N–H and O–H groups in total. The molecule has 3 aliphatic rings. The second-order valence-corrected chi connectivity index (χ2v) is 9.22. The predicted octanol–water partition coefficient (Wildman–Crippen LogP) is 1.61. The molecule has 2 saturated heterocycles. The Morgan fingerprint density at radius 2 is 2.16 bits per heavy atom. The number of nitrogens with zero attached hydrogens (tertiary/aromatic N) is 3. The lowest BCUT2D eigenvalue weighted by atomic mass is 10.2. The number of hydrogen-bond donors (Lipinski definition) is 0. The van der Waals surface area contributed by atoms with E-state index in [-0.39, 0.29) is 18.0 Å². The van der Waals surface area contributed by atoms with Crippen molar-refractivity contribution in [2.24, 2.45) is 0 Å². The fourth-order valence-electron chi connectivity index (χ4n) is 3.63. The van der Waals surface area contributed by atoms with Crippen LogP contribution in [-0.2, 0) is 19.5 Å². The van der Waals surface area contributed by atoms with E-state index < -0.39 is 16.1 Å². The van der Waals surface area contributed by atoms with Crippen LogP contribution >= 0.6 is 0 Å². The highest BCUT2D eigenvalue weighted by Gasteiger charge is 2.44. The molecule has 4 rings (SSSR count). The van der Waals surface area contributed by atoms with E-state index in [4.69, 9.17) is 14.0 Å². The molecule has 0 aromatic carbocycles. The van der Waals surface area contributed by atoms with Gasteiger partial charge in [0.25, 0.3) is 0 Å². The standard InChI is InChI=1S/C16H25N3O5S/c1-22-13-9-14(16-17-15(18-24-16)11-4-5-11)19(10-13)25(20,21)8-6-12-3-2-7-23-12/h11-14H,2-10H2,1H3/t12?,13-,14+/m0/s1. The molecule has 2 aliphatic heterocycles. The second kappa shape index (κ2) is 6.94. The van der Waals surface area contributed by atoms with E-state index in [1.165, 1.54) is 4.31 Å². The molecule has 140 valence electrons. The Kier molecular flexibility index (Phi) is 4.83. The van der Waals surface area contributed by atoms with E-state index in [9.17, 15) is 8.42 Å². The second-order valence-electron chi connectivity index (χ2n) is 7.18. The molecule has 8 nitrogen and oxygen atoms in total. The summed E-state index contributed by atoms with van der Waals surface area (Å²) in [5, 5.41) is 4.03. The molecule has 1 unspecified atom stereocenters. The van der Waals surface area contributed by atoms with Crippen molar-refractivity contribution in [3.63, 3.8) is 0 Å². The molecule has 25 heavy (non-hydrogen) atoms. The van der Waals surface area contributed by atoms with E-state index in [1.54, 1.807) is 7.11 Å². The van der Waals surface area contributed by atoms with Gasteiger partial charge in [-0.25, -0.2) is 8.42 Å². The minimum atomic E-state index is -3.44. The number of hydrogen-bond acceptors (Lipinski definition) is 7. The summed E-state index contributed by atoms with van der Waals surface area (Å²) < 4.78 is 43.7. The van der Waals surface area contributed by atoms with Crippen molar-refractivity contribution in [2.45, 2.75) is 62.7 Å². The number of sulfonamides is 1. The van der Waals surface area contributed by atoms with Crippen LogP contribution < -0.4 is 0 Å². The zero-order valence-electron chi connectivity index (χ0n) is 14.5. The highest BCUT2D eigenvalue weighted by molar-refractivity contribution is 7.89. The highest BCUT2D eigenvalue weighted by Crippen LogP contribution is 2.40. The Morgan fingerprint density at radius 1 is 1.32 bits per heavy atom. The van der Waals surface area contributed by atoms with Crippen LogP contribution in [0, 0.1) is 0 Å². The number of methoxy groups -OCH3 is 1. The predicted molar refractivity (Wildman–Crippen MR) is 88.5 cm³/mol. The van der Waals surface area contributed by atoms with E-state index in [0.717, 1.165) is 32.3 Å². The number of aromatic nitrogens is 2. The maximum absolute atomic E-state index is 12.9. The largest absolute Gasteiger partial charge is 0.380 e. The zero-order valence-corrected chi connectivity index (χ0v) is 15.3. The summed E-state index contributed by atoms with van der Waals surface area (Å²) >= 11 is 0. The third kappa shape index (κ3) is 3.74. The van der Waals surface area contributed by atoms with Crippen LogP contribution in [0.2, 0.25) is 0 Å². The summed E-state index contributed by atoms with van der Waals surface area (Å²) in [4.78, 5) is 4.46. The molecule has 1 aromatic rings. The van der Waals surface area contributed by atoms with Gasteiger partial charge >= 0.3 is 0 Å². The van der Waals surface area contributed by atoms with Crippen LogP contribution in [0.3, 0.4) is 0 Å². The minimum absolute atomic E-state index is 0.0546. The van der Waals surface area contributed by atoms with Crippen LogP contribution in [-0.4, -0.2) is 61.1 Å². The Hall–Kier alpha value is -1.03. The fraction of sp³-hybridized carbons (Fsp3) is 0.875. The first-order valence-electron chi connectivity index (χ1n) is 9.04. The lowest BCUT2D eigenvalue weighted by Crippen LogP contribution is -2.35. The van der Waals surface area contributed by atoms with Crippen LogP contribution in [0.25, 0.3) is 0 Å². The molecule has 3 atom stereocenters. The SMILES string of the molecule is CO[C@H]1C[C@H](c2nc(C3CC3)no2)N(S(=O)(=O)CCC2CCCO2)C1. The summed E-state index contributed by atoms with van der Waals surface area (Å²) in [5.41, 5.74) is 0. The average Bonchev–Trinajstić information content (AvgIpc) is 3.06. The van der Waals surface area contributed by atoms with Gasteiger partial charge in [0.15, 0.2) is 5.82 Å². The van der Waals surface area contributed by atoms with Gasteiger partial charge in [-0.1, -0.05) is 5.16 Å². The maximum Gasteiger partial charge on any atom is 0.245 e. The topological polar surface area (TPSA) is 94.8 Å². The van der Waals surface area contributed by atoms with Crippen molar-refractivity contribution in [1.82, 2.24) is 14.4 Å². The van der Waals surface area contributed by atoms with Gasteiger partial charge in [0.05, 0.1) is 18.0 Å². The van der Waals surface area contributed by atoms with Gasteiger partial charge in [-0.05, 0) is 32.1 Å². The fourth-order valence-corrected chi connectivity index (χ4v) is 5.38. The van der Waals surface area contributed by atoms with Crippen molar-refractivity contribution in [3.8, 4) is 0 Å². The summed E-state index contributed by atoms with van der Waals surface area (Å²) in [6.07, 6.45) is 5.07. The van der Waals surface area contributed by atoms with Crippen LogP contribution in [0.15, 0.2) is 4.52 Å². The molecule has 0 bridgehead atoms. The van der Waals surface area contributed by atoms with Gasteiger partial charge in [0, 0.05) is 32.6 Å². The third-order valence-corrected chi connectivity index (χ3v) is 7.18. The molecular formula is C16H25N3O5S. The minimum Gasteiger partial charge on any atom is -0.380 e. The van der Waals surface area contributed by atoms with Crippen molar-refractivity contribution in [3.05, 3.63) is 11.7 Å². The first-order chi connectivity index (χ1) is 12.1. The Bertz CT molecular complexity index is 696. The Labute approximate surface area is 147 Å². The van der Waals surface area contributed by atoms with Gasteiger partial charge in [0.2, 0.25) is 15.9 Å². The molecular weight excluding hydrogens is 346 g/mol. The zero-order chi connectivity index (χ0) is 17.4. The van der Waals surface area contributed by atoms with E-state index in [0.29, 0.717) is 37.0 Å².